The summed E-state index contributed by atoms with van der Waals surface area (Å²) in [6.07, 6.45) is 1.15. The van der Waals surface area contributed by atoms with Gasteiger partial charge >= 0.3 is 0 Å². The molecule has 2 unspecified atom stereocenters. The van der Waals surface area contributed by atoms with E-state index in [4.69, 9.17) is 5.73 Å². The second kappa shape index (κ2) is 5.99. The molecular weight excluding hydrogens is 272 g/mol. The minimum absolute atomic E-state index is 0.344. The Balaban J connectivity index is 2.79. The van der Waals surface area contributed by atoms with Crippen LogP contribution in [0.15, 0.2) is 15.9 Å². The van der Waals surface area contributed by atoms with E-state index in [0.29, 0.717) is 18.6 Å². The zero-order valence-electron chi connectivity index (χ0n) is 9.53. The van der Waals surface area contributed by atoms with Crippen molar-refractivity contribution >= 4 is 27.3 Å². The molecule has 15 heavy (non-hydrogen) atoms. The lowest BCUT2D eigenvalue weighted by Gasteiger charge is -2.31. The van der Waals surface area contributed by atoms with Gasteiger partial charge in [-0.2, -0.15) is 0 Å². The Hall–Kier alpha value is 0.1000. The largest absolute Gasteiger partial charge is 0.329 e. The fourth-order valence-electron chi connectivity index (χ4n) is 1.59. The monoisotopic (exact) mass is 290 g/mol. The standard InChI is InChI=1S/C11H19BrN2S/c1-4-8(2)14(3)9(7-13)10-5-6-11(12)15-10/h5-6,8-9H,4,7,13H2,1-3H3. The van der Waals surface area contributed by atoms with Gasteiger partial charge in [0.25, 0.3) is 0 Å². The first-order valence-electron chi connectivity index (χ1n) is 5.27. The molecule has 1 rings (SSSR count). The summed E-state index contributed by atoms with van der Waals surface area (Å²) in [6.45, 7) is 5.12. The van der Waals surface area contributed by atoms with E-state index >= 15 is 0 Å². The average molecular weight is 291 g/mol. The van der Waals surface area contributed by atoms with E-state index in [1.807, 2.05) is 0 Å². The summed E-state index contributed by atoms with van der Waals surface area (Å²) in [5.74, 6) is 0. The molecule has 4 heteroatoms. The molecule has 0 aliphatic heterocycles. The SMILES string of the molecule is CCC(C)N(C)C(CN)c1ccc(Br)s1. The van der Waals surface area contributed by atoms with Crippen LogP contribution in [0.2, 0.25) is 0 Å². The summed E-state index contributed by atoms with van der Waals surface area (Å²) in [5.41, 5.74) is 5.86. The van der Waals surface area contributed by atoms with E-state index < -0.39 is 0 Å². The molecule has 0 saturated heterocycles. The second-order valence-electron chi connectivity index (χ2n) is 3.82. The van der Waals surface area contributed by atoms with Crippen LogP contribution in [0, 0.1) is 0 Å². The summed E-state index contributed by atoms with van der Waals surface area (Å²) in [7, 11) is 2.15. The van der Waals surface area contributed by atoms with Crippen molar-refractivity contribution in [2.45, 2.75) is 32.4 Å². The fourth-order valence-corrected chi connectivity index (χ4v) is 3.17. The summed E-state index contributed by atoms with van der Waals surface area (Å²) in [4.78, 5) is 3.70. The quantitative estimate of drug-likeness (QED) is 0.902. The zero-order valence-corrected chi connectivity index (χ0v) is 11.9. The summed E-state index contributed by atoms with van der Waals surface area (Å²) >= 11 is 5.26. The highest BCUT2D eigenvalue weighted by Crippen LogP contribution is 2.30. The van der Waals surface area contributed by atoms with Crippen LogP contribution in [0.5, 0.6) is 0 Å². The van der Waals surface area contributed by atoms with Crippen LogP contribution in [0.1, 0.15) is 31.2 Å². The van der Waals surface area contributed by atoms with E-state index in [9.17, 15) is 0 Å². The van der Waals surface area contributed by atoms with Gasteiger partial charge in [0.1, 0.15) is 0 Å². The number of thiophene rings is 1. The summed E-state index contributed by atoms with van der Waals surface area (Å²) in [5, 5.41) is 0. The number of likely N-dealkylation sites (N-methyl/N-ethyl adjacent to an activating group) is 1. The van der Waals surface area contributed by atoms with E-state index in [1.54, 1.807) is 11.3 Å². The Morgan fingerprint density at radius 1 is 1.53 bits per heavy atom. The number of rotatable bonds is 5. The number of nitrogens with two attached hydrogens (primary N) is 1. The number of nitrogens with zero attached hydrogens (tertiary/aromatic N) is 1. The van der Waals surface area contributed by atoms with Crippen LogP contribution < -0.4 is 5.73 Å². The van der Waals surface area contributed by atoms with Gasteiger partial charge in [-0.25, -0.2) is 0 Å². The average Bonchev–Trinajstić information content (AvgIpc) is 2.64. The van der Waals surface area contributed by atoms with Gasteiger partial charge in [0, 0.05) is 17.5 Å². The van der Waals surface area contributed by atoms with Gasteiger partial charge in [0.05, 0.1) is 9.83 Å². The molecule has 0 radical (unpaired) electrons. The molecule has 0 aliphatic rings. The number of hydrogen-bond acceptors (Lipinski definition) is 3. The Morgan fingerprint density at radius 3 is 2.60 bits per heavy atom. The van der Waals surface area contributed by atoms with E-state index in [-0.39, 0.29) is 0 Å². The minimum Gasteiger partial charge on any atom is -0.329 e. The fraction of sp³-hybridized carbons (Fsp3) is 0.636. The Bertz CT molecular complexity index is 301. The first-order chi connectivity index (χ1) is 7.10. The van der Waals surface area contributed by atoms with E-state index in [2.05, 4.69) is 53.9 Å². The third-order valence-corrected chi connectivity index (χ3v) is 4.65. The van der Waals surface area contributed by atoms with Crippen LogP contribution in [0.25, 0.3) is 0 Å². The van der Waals surface area contributed by atoms with Crippen molar-refractivity contribution in [2.24, 2.45) is 5.73 Å². The molecular formula is C11H19BrN2S. The van der Waals surface area contributed by atoms with Crippen LogP contribution in [0.3, 0.4) is 0 Å². The van der Waals surface area contributed by atoms with Gasteiger partial charge in [-0.3, -0.25) is 4.90 Å². The molecule has 0 spiro atoms. The molecule has 2 nitrogen and oxygen atoms in total. The first-order valence-corrected chi connectivity index (χ1v) is 6.88. The molecule has 0 aliphatic carbocycles. The first kappa shape index (κ1) is 13.2. The Morgan fingerprint density at radius 2 is 2.20 bits per heavy atom. The molecule has 1 aromatic heterocycles. The van der Waals surface area contributed by atoms with Gasteiger partial charge < -0.3 is 5.73 Å². The molecule has 2 N–H and O–H groups in total. The van der Waals surface area contributed by atoms with Crippen molar-refractivity contribution in [2.75, 3.05) is 13.6 Å². The van der Waals surface area contributed by atoms with Gasteiger partial charge in [-0.15, -0.1) is 11.3 Å². The maximum Gasteiger partial charge on any atom is 0.0702 e. The molecule has 0 bridgehead atoms. The minimum atomic E-state index is 0.344. The molecule has 0 amide bonds. The van der Waals surface area contributed by atoms with Crippen molar-refractivity contribution in [3.63, 3.8) is 0 Å². The van der Waals surface area contributed by atoms with Crippen molar-refractivity contribution in [3.05, 3.63) is 20.8 Å². The van der Waals surface area contributed by atoms with Gasteiger partial charge in [0.15, 0.2) is 0 Å². The molecule has 0 saturated carbocycles. The maximum absolute atomic E-state index is 5.86. The molecule has 0 aromatic carbocycles. The predicted octanol–water partition coefficient (Wildman–Crippen LogP) is 3.24. The van der Waals surface area contributed by atoms with Crippen molar-refractivity contribution < 1.29 is 0 Å². The van der Waals surface area contributed by atoms with Crippen LogP contribution in [-0.2, 0) is 0 Å². The maximum atomic E-state index is 5.86. The van der Waals surface area contributed by atoms with Gasteiger partial charge in [-0.05, 0) is 48.5 Å². The number of hydrogen-bond donors (Lipinski definition) is 1. The third-order valence-electron chi connectivity index (χ3n) is 2.92. The number of halogens is 1. The van der Waals surface area contributed by atoms with Gasteiger partial charge in [0.2, 0.25) is 0 Å². The van der Waals surface area contributed by atoms with Crippen molar-refractivity contribution in [1.82, 2.24) is 4.90 Å². The Labute approximate surface area is 105 Å². The smallest absolute Gasteiger partial charge is 0.0702 e. The summed E-state index contributed by atoms with van der Waals surface area (Å²) < 4.78 is 1.17. The lowest BCUT2D eigenvalue weighted by atomic mass is 10.1. The molecule has 0 fully saturated rings. The highest BCUT2D eigenvalue weighted by atomic mass is 79.9. The van der Waals surface area contributed by atoms with E-state index in [1.165, 1.54) is 8.66 Å². The lowest BCUT2D eigenvalue weighted by Crippen LogP contribution is -2.36. The highest BCUT2D eigenvalue weighted by Gasteiger charge is 2.20. The normalized spacial score (nSPS) is 15.6. The van der Waals surface area contributed by atoms with Crippen molar-refractivity contribution in [3.8, 4) is 0 Å². The molecule has 1 aromatic rings. The third kappa shape index (κ3) is 3.28. The molecule has 2 atom stereocenters. The zero-order chi connectivity index (χ0) is 11.4. The van der Waals surface area contributed by atoms with Crippen LogP contribution in [0.4, 0.5) is 0 Å². The molecule has 86 valence electrons. The van der Waals surface area contributed by atoms with Crippen LogP contribution in [-0.4, -0.2) is 24.5 Å². The highest BCUT2D eigenvalue weighted by molar-refractivity contribution is 9.11. The predicted molar refractivity (Wildman–Crippen MR) is 71.3 cm³/mol. The lowest BCUT2D eigenvalue weighted by molar-refractivity contribution is 0.187. The molecule has 1 heterocycles. The second-order valence-corrected chi connectivity index (χ2v) is 6.31. The van der Waals surface area contributed by atoms with E-state index in [0.717, 1.165) is 6.42 Å². The van der Waals surface area contributed by atoms with Gasteiger partial charge in [-0.1, -0.05) is 6.92 Å². The Kier molecular flexibility index (Phi) is 5.26. The summed E-state index contributed by atoms with van der Waals surface area (Å²) in [6, 6.07) is 5.16. The van der Waals surface area contributed by atoms with Crippen molar-refractivity contribution in [1.29, 1.82) is 0 Å². The topological polar surface area (TPSA) is 29.3 Å². The van der Waals surface area contributed by atoms with Crippen LogP contribution >= 0.6 is 27.3 Å².